The Morgan fingerprint density at radius 3 is 2.75 bits per heavy atom. The van der Waals surface area contributed by atoms with Crippen molar-refractivity contribution in [1.29, 1.82) is 0 Å². The molecule has 0 saturated carbocycles. The topological polar surface area (TPSA) is 85.3 Å². The Morgan fingerprint density at radius 2 is 2.08 bits per heavy atom. The average Bonchev–Trinajstić information content (AvgIpc) is 2.60. The largest absolute Gasteiger partial charge is 0.490 e. The van der Waals surface area contributed by atoms with Crippen molar-refractivity contribution in [2.45, 2.75) is 26.4 Å². The first-order valence-electron chi connectivity index (χ1n) is 8.10. The van der Waals surface area contributed by atoms with Crippen molar-refractivity contribution in [2.24, 2.45) is 0 Å². The first kappa shape index (κ1) is 18.1. The summed E-state index contributed by atoms with van der Waals surface area (Å²) in [5.74, 6) is -0.196. The van der Waals surface area contributed by atoms with Crippen LogP contribution in [0.5, 0.6) is 11.5 Å². The van der Waals surface area contributed by atoms with Crippen LogP contribution in [-0.2, 0) is 9.53 Å². The second-order valence-corrected chi connectivity index (χ2v) is 5.39. The van der Waals surface area contributed by atoms with Crippen LogP contribution in [0.3, 0.4) is 0 Å². The number of carboxylic acid groups (broad SMARTS) is 1. The van der Waals surface area contributed by atoms with Crippen LogP contribution in [0.1, 0.15) is 30.6 Å². The fourth-order valence-corrected chi connectivity index (χ4v) is 2.41. The third kappa shape index (κ3) is 4.38. The molecule has 7 heteroatoms. The average molecular weight is 337 g/mol. The summed E-state index contributed by atoms with van der Waals surface area (Å²) in [6.07, 6.45) is -0.113. The lowest BCUT2D eigenvalue weighted by atomic mass is 10.1. The Bertz CT molecular complexity index is 588. The number of hydrogen-bond donors (Lipinski definition) is 1. The van der Waals surface area contributed by atoms with Crippen molar-refractivity contribution in [3.05, 3.63) is 23.8 Å². The van der Waals surface area contributed by atoms with Gasteiger partial charge >= 0.3 is 5.97 Å². The van der Waals surface area contributed by atoms with Gasteiger partial charge in [0.1, 0.15) is 0 Å². The van der Waals surface area contributed by atoms with Gasteiger partial charge in [0.25, 0.3) is 5.91 Å². The minimum Gasteiger partial charge on any atom is -0.490 e. The molecule has 0 radical (unpaired) electrons. The van der Waals surface area contributed by atoms with Crippen LogP contribution in [0.2, 0.25) is 0 Å². The number of rotatable bonds is 7. The monoisotopic (exact) mass is 337 g/mol. The van der Waals surface area contributed by atoms with Crippen LogP contribution in [0.25, 0.3) is 0 Å². The molecule has 1 aromatic rings. The van der Waals surface area contributed by atoms with Crippen LogP contribution in [-0.4, -0.2) is 60.9 Å². The van der Waals surface area contributed by atoms with E-state index >= 15 is 0 Å². The molecule has 1 fully saturated rings. The van der Waals surface area contributed by atoms with Crippen LogP contribution in [0, 0.1) is 0 Å². The first-order valence-corrected chi connectivity index (χ1v) is 8.10. The maximum atomic E-state index is 12.6. The summed E-state index contributed by atoms with van der Waals surface area (Å²) in [5.41, 5.74) is 0.438. The van der Waals surface area contributed by atoms with E-state index in [2.05, 4.69) is 0 Å². The Morgan fingerprint density at radius 1 is 1.29 bits per heavy atom. The molecule has 0 aromatic heterocycles. The number of carbonyl (C=O) groups is 2. The van der Waals surface area contributed by atoms with Crippen molar-refractivity contribution < 1.29 is 28.9 Å². The molecule has 1 aliphatic heterocycles. The summed E-state index contributed by atoms with van der Waals surface area (Å²) >= 11 is 0. The highest BCUT2D eigenvalue weighted by Gasteiger charge is 2.29. The molecule has 1 aliphatic rings. The zero-order valence-electron chi connectivity index (χ0n) is 14.0. The smallest absolute Gasteiger partial charge is 0.334 e. The molecule has 0 aliphatic carbocycles. The summed E-state index contributed by atoms with van der Waals surface area (Å²) in [6.45, 7) is 5.49. The van der Waals surface area contributed by atoms with E-state index < -0.39 is 12.1 Å². The highest BCUT2D eigenvalue weighted by atomic mass is 16.5. The lowest BCUT2D eigenvalue weighted by molar-refractivity contribution is -0.154. The summed E-state index contributed by atoms with van der Waals surface area (Å²) in [7, 11) is 0. The molecule has 0 spiro atoms. The number of carboxylic acids is 1. The zero-order chi connectivity index (χ0) is 17.5. The van der Waals surface area contributed by atoms with Gasteiger partial charge in [-0.25, -0.2) is 4.79 Å². The number of ether oxygens (including phenoxy) is 3. The quantitative estimate of drug-likeness (QED) is 0.816. The maximum absolute atomic E-state index is 12.6. The van der Waals surface area contributed by atoms with Gasteiger partial charge in [0.2, 0.25) is 0 Å². The minimum atomic E-state index is -1.06. The standard InChI is InChI=1S/C17H23NO6/c1-3-8-23-13-6-5-12(10-14(13)22-4-2)16(19)18-7-9-24-15(11-18)17(20)21/h5-6,10,15H,3-4,7-9,11H2,1-2H3,(H,20,21). The number of aliphatic carboxylic acids is 1. The third-order valence-corrected chi connectivity index (χ3v) is 3.58. The molecule has 132 valence electrons. The molecule has 1 unspecified atom stereocenters. The van der Waals surface area contributed by atoms with Crippen molar-refractivity contribution in [3.8, 4) is 11.5 Å². The van der Waals surface area contributed by atoms with Gasteiger partial charge in [0.05, 0.1) is 26.4 Å². The zero-order valence-corrected chi connectivity index (χ0v) is 14.0. The van der Waals surface area contributed by atoms with Crippen LogP contribution >= 0.6 is 0 Å². The summed E-state index contributed by atoms with van der Waals surface area (Å²) in [5, 5.41) is 9.04. The summed E-state index contributed by atoms with van der Waals surface area (Å²) in [6, 6.07) is 5.02. The number of nitrogens with zero attached hydrogens (tertiary/aromatic N) is 1. The van der Waals surface area contributed by atoms with E-state index in [0.717, 1.165) is 6.42 Å². The van der Waals surface area contributed by atoms with E-state index in [1.165, 1.54) is 4.90 Å². The Hall–Kier alpha value is -2.28. The Kier molecular flexibility index (Phi) is 6.43. The lowest BCUT2D eigenvalue weighted by Gasteiger charge is -2.31. The minimum absolute atomic E-state index is 0.0339. The number of carbonyl (C=O) groups excluding carboxylic acids is 1. The predicted octanol–water partition coefficient (Wildman–Crippen LogP) is 1.80. The molecular weight excluding hydrogens is 314 g/mol. The van der Waals surface area contributed by atoms with E-state index in [4.69, 9.17) is 19.3 Å². The molecule has 1 heterocycles. The lowest BCUT2D eigenvalue weighted by Crippen LogP contribution is -2.48. The molecular formula is C17H23NO6. The molecule has 1 saturated heterocycles. The second-order valence-electron chi connectivity index (χ2n) is 5.39. The van der Waals surface area contributed by atoms with E-state index in [1.807, 2.05) is 13.8 Å². The number of amides is 1. The number of benzene rings is 1. The van der Waals surface area contributed by atoms with Crippen LogP contribution in [0.4, 0.5) is 0 Å². The van der Waals surface area contributed by atoms with Crippen molar-refractivity contribution in [3.63, 3.8) is 0 Å². The van der Waals surface area contributed by atoms with E-state index in [-0.39, 0.29) is 19.1 Å². The molecule has 7 nitrogen and oxygen atoms in total. The van der Waals surface area contributed by atoms with Gasteiger partial charge in [-0.3, -0.25) is 4.79 Å². The first-order chi connectivity index (χ1) is 11.6. The van der Waals surface area contributed by atoms with Crippen molar-refractivity contribution >= 4 is 11.9 Å². The Balaban J connectivity index is 2.16. The molecule has 24 heavy (non-hydrogen) atoms. The second kappa shape index (κ2) is 8.54. The van der Waals surface area contributed by atoms with Gasteiger partial charge in [0.15, 0.2) is 17.6 Å². The van der Waals surface area contributed by atoms with E-state index in [0.29, 0.717) is 36.8 Å². The van der Waals surface area contributed by atoms with Gasteiger partial charge in [-0.2, -0.15) is 0 Å². The van der Waals surface area contributed by atoms with E-state index in [1.54, 1.807) is 18.2 Å². The van der Waals surface area contributed by atoms with Crippen molar-refractivity contribution in [1.82, 2.24) is 4.90 Å². The highest BCUT2D eigenvalue weighted by molar-refractivity contribution is 5.95. The van der Waals surface area contributed by atoms with Crippen LogP contribution < -0.4 is 9.47 Å². The Labute approximate surface area is 141 Å². The van der Waals surface area contributed by atoms with Gasteiger partial charge in [-0.15, -0.1) is 0 Å². The molecule has 2 rings (SSSR count). The number of morpholine rings is 1. The van der Waals surface area contributed by atoms with Gasteiger partial charge in [0, 0.05) is 12.1 Å². The fraction of sp³-hybridized carbons (Fsp3) is 0.529. The summed E-state index contributed by atoms with van der Waals surface area (Å²) in [4.78, 5) is 25.2. The van der Waals surface area contributed by atoms with Gasteiger partial charge in [-0.1, -0.05) is 6.92 Å². The van der Waals surface area contributed by atoms with E-state index in [9.17, 15) is 9.59 Å². The van der Waals surface area contributed by atoms with Gasteiger partial charge in [-0.05, 0) is 31.5 Å². The third-order valence-electron chi connectivity index (χ3n) is 3.58. The SMILES string of the molecule is CCCOc1ccc(C(=O)N2CCOC(C(=O)O)C2)cc1OCC. The fourth-order valence-electron chi connectivity index (χ4n) is 2.41. The van der Waals surface area contributed by atoms with Crippen molar-refractivity contribution in [2.75, 3.05) is 32.9 Å². The molecule has 1 atom stereocenters. The molecule has 1 aromatic carbocycles. The maximum Gasteiger partial charge on any atom is 0.334 e. The highest BCUT2D eigenvalue weighted by Crippen LogP contribution is 2.29. The normalized spacial score (nSPS) is 17.4. The summed E-state index contributed by atoms with van der Waals surface area (Å²) < 4.78 is 16.3. The van der Waals surface area contributed by atoms with Crippen LogP contribution in [0.15, 0.2) is 18.2 Å². The molecule has 1 amide bonds. The molecule has 0 bridgehead atoms. The number of hydrogen-bond acceptors (Lipinski definition) is 5. The molecule has 1 N–H and O–H groups in total. The van der Waals surface area contributed by atoms with Gasteiger partial charge < -0.3 is 24.2 Å². The predicted molar refractivity (Wildman–Crippen MR) is 86.7 cm³/mol.